The maximum absolute atomic E-state index is 6.17. The number of hydrogen-bond donors (Lipinski definition) is 0. The van der Waals surface area contributed by atoms with Gasteiger partial charge in [-0.05, 0) is 66.2 Å². The van der Waals surface area contributed by atoms with Crippen molar-refractivity contribution in [2.24, 2.45) is 5.92 Å². The summed E-state index contributed by atoms with van der Waals surface area (Å²) in [6.45, 7) is 5.96. The number of ether oxygens (including phenoxy) is 2. The zero-order valence-corrected chi connectivity index (χ0v) is 22.4. The normalized spacial score (nSPS) is 25.0. The number of hydrogen-bond acceptors (Lipinski definition) is 2. The van der Waals surface area contributed by atoms with Crippen molar-refractivity contribution in [3.05, 3.63) is 59.7 Å². The van der Waals surface area contributed by atoms with Crippen LogP contribution in [0.4, 0.5) is 0 Å². The Morgan fingerprint density at radius 1 is 0.600 bits per heavy atom. The molecule has 1 aliphatic carbocycles. The molecular weight excluding hydrogens is 428 g/mol. The molecule has 2 aromatic rings. The minimum Gasteiger partial charge on any atom is -0.373 e. The van der Waals surface area contributed by atoms with Gasteiger partial charge < -0.3 is 9.47 Å². The van der Waals surface area contributed by atoms with E-state index in [4.69, 9.17) is 9.47 Å². The molecule has 1 saturated carbocycles. The molecule has 0 radical (unpaired) electrons. The van der Waals surface area contributed by atoms with Crippen molar-refractivity contribution < 1.29 is 9.47 Å². The Hall–Kier alpha value is -1.64. The SMILES string of the molecule is CCCCCC[C@@H]1CO[C@@H](c2ccc(-c3ccc(C4CCC(CCCCC)CC4)cc3)cc2)CO1. The Balaban J connectivity index is 1.23. The van der Waals surface area contributed by atoms with E-state index in [1.54, 1.807) is 0 Å². The Morgan fingerprint density at radius 3 is 1.80 bits per heavy atom. The molecule has 2 aromatic carbocycles. The number of rotatable bonds is 12. The first-order valence-corrected chi connectivity index (χ1v) is 14.7. The van der Waals surface area contributed by atoms with Crippen LogP contribution < -0.4 is 0 Å². The van der Waals surface area contributed by atoms with Crippen LogP contribution in [0.15, 0.2) is 48.5 Å². The standard InChI is InChI=1S/C33H48O2/c1-3-5-7-9-11-32-24-35-33(25-34-32)31-22-20-30(21-23-31)29-18-16-28(17-19-29)27-14-12-26(13-15-27)10-8-6-4-2/h16-23,26-27,32-33H,3-15,24-25H2,1-2H3/t26?,27?,32-,33-/m1/s1. The molecular formula is C33H48O2. The second-order valence-corrected chi connectivity index (χ2v) is 11.1. The first-order valence-electron chi connectivity index (χ1n) is 14.7. The predicted octanol–water partition coefficient (Wildman–Crippen LogP) is 9.63. The van der Waals surface area contributed by atoms with Gasteiger partial charge in [-0.15, -0.1) is 0 Å². The number of benzene rings is 2. The molecule has 1 heterocycles. The van der Waals surface area contributed by atoms with E-state index in [9.17, 15) is 0 Å². The highest BCUT2D eigenvalue weighted by atomic mass is 16.6. The lowest BCUT2D eigenvalue weighted by Crippen LogP contribution is -2.31. The van der Waals surface area contributed by atoms with Crippen LogP contribution in [-0.4, -0.2) is 19.3 Å². The fraction of sp³-hybridized carbons (Fsp3) is 0.636. The van der Waals surface area contributed by atoms with Gasteiger partial charge in [-0.3, -0.25) is 0 Å². The summed E-state index contributed by atoms with van der Waals surface area (Å²) in [7, 11) is 0. The average molecular weight is 477 g/mol. The van der Waals surface area contributed by atoms with Crippen molar-refractivity contribution in [2.45, 2.75) is 115 Å². The van der Waals surface area contributed by atoms with Crippen LogP contribution in [0.5, 0.6) is 0 Å². The smallest absolute Gasteiger partial charge is 0.106 e. The molecule has 0 spiro atoms. The monoisotopic (exact) mass is 476 g/mol. The number of unbranched alkanes of at least 4 members (excludes halogenated alkanes) is 5. The summed E-state index contributed by atoms with van der Waals surface area (Å²) in [4.78, 5) is 0. The molecule has 35 heavy (non-hydrogen) atoms. The van der Waals surface area contributed by atoms with Crippen molar-refractivity contribution in [1.82, 2.24) is 0 Å². The summed E-state index contributed by atoms with van der Waals surface area (Å²) < 4.78 is 12.3. The van der Waals surface area contributed by atoms with Crippen LogP contribution in [0.25, 0.3) is 11.1 Å². The van der Waals surface area contributed by atoms with Crippen LogP contribution >= 0.6 is 0 Å². The van der Waals surface area contributed by atoms with Gasteiger partial charge in [0.1, 0.15) is 6.10 Å². The molecule has 0 N–H and O–H groups in total. The summed E-state index contributed by atoms with van der Waals surface area (Å²) in [5.74, 6) is 1.73. The average Bonchev–Trinajstić information content (AvgIpc) is 2.92. The maximum Gasteiger partial charge on any atom is 0.106 e. The Labute approximate surface area is 214 Å². The van der Waals surface area contributed by atoms with Gasteiger partial charge in [0.2, 0.25) is 0 Å². The summed E-state index contributed by atoms with van der Waals surface area (Å²) in [5, 5.41) is 0. The zero-order valence-electron chi connectivity index (χ0n) is 22.4. The van der Waals surface area contributed by atoms with Gasteiger partial charge >= 0.3 is 0 Å². The molecule has 1 aliphatic heterocycles. The molecule has 0 amide bonds. The summed E-state index contributed by atoms with van der Waals surface area (Å²) in [5.41, 5.74) is 5.35. The topological polar surface area (TPSA) is 18.5 Å². The first-order chi connectivity index (χ1) is 17.3. The van der Waals surface area contributed by atoms with Crippen molar-refractivity contribution in [2.75, 3.05) is 13.2 Å². The molecule has 2 nitrogen and oxygen atoms in total. The molecule has 2 fully saturated rings. The van der Waals surface area contributed by atoms with E-state index in [-0.39, 0.29) is 12.2 Å². The Bertz CT molecular complexity index is 824. The molecule has 1 saturated heterocycles. The van der Waals surface area contributed by atoms with Gasteiger partial charge in [-0.25, -0.2) is 0 Å². The maximum atomic E-state index is 6.17. The minimum atomic E-state index is 0.0652. The third kappa shape index (κ3) is 7.92. The van der Waals surface area contributed by atoms with E-state index in [0.29, 0.717) is 6.61 Å². The van der Waals surface area contributed by atoms with Gasteiger partial charge in [-0.1, -0.05) is 114 Å². The second kappa shape index (κ2) is 14.2. The van der Waals surface area contributed by atoms with Crippen LogP contribution in [0, 0.1) is 5.92 Å². The largest absolute Gasteiger partial charge is 0.373 e. The van der Waals surface area contributed by atoms with Crippen molar-refractivity contribution in [3.63, 3.8) is 0 Å². The lowest BCUT2D eigenvalue weighted by molar-refractivity contribution is -0.137. The molecule has 4 rings (SSSR count). The predicted molar refractivity (Wildman–Crippen MR) is 148 cm³/mol. The van der Waals surface area contributed by atoms with Crippen molar-refractivity contribution >= 4 is 0 Å². The quantitative estimate of drug-likeness (QED) is 0.284. The third-order valence-corrected chi connectivity index (χ3v) is 8.41. The van der Waals surface area contributed by atoms with Crippen LogP contribution in [0.3, 0.4) is 0 Å². The van der Waals surface area contributed by atoms with Crippen LogP contribution in [0.2, 0.25) is 0 Å². The van der Waals surface area contributed by atoms with Crippen LogP contribution in [-0.2, 0) is 9.47 Å². The van der Waals surface area contributed by atoms with E-state index in [0.717, 1.165) is 24.9 Å². The fourth-order valence-electron chi connectivity index (χ4n) is 6.01. The van der Waals surface area contributed by atoms with Gasteiger partial charge in [0.05, 0.1) is 19.3 Å². The Morgan fingerprint density at radius 2 is 1.20 bits per heavy atom. The molecule has 2 atom stereocenters. The molecule has 0 unspecified atom stereocenters. The van der Waals surface area contributed by atoms with E-state index in [1.165, 1.54) is 99.3 Å². The van der Waals surface area contributed by atoms with E-state index >= 15 is 0 Å². The van der Waals surface area contributed by atoms with Gasteiger partial charge in [-0.2, -0.15) is 0 Å². The molecule has 192 valence electrons. The van der Waals surface area contributed by atoms with E-state index < -0.39 is 0 Å². The molecule has 0 aromatic heterocycles. The van der Waals surface area contributed by atoms with E-state index in [1.807, 2.05) is 0 Å². The van der Waals surface area contributed by atoms with Crippen molar-refractivity contribution in [1.29, 1.82) is 0 Å². The zero-order chi connectivity index (χ0) is 24.3. The summed E-state index contributed by atoms with van der Waals surface area (Å²) in [6, 6.07) is 18.3. The second-order valence-electron chi connectivity index (χ2n) is 11.1. The first kappa shape index (κ1) is 26.4. The lowest BCUT2D eigenvalue weighted by Gasteiger charge is -2.30. The highest BCUT2D eigenvalue weighted by Crippen LogP contribution is 2.38. The molecule has 2 heteroatoms. The Kier molecular flexibility index (Phi) is 10.7. The van der Waals surface area contributed by atoms with Crippen LogP contribution in [0.1, 0.15) is 120 Å². The summed E-state index contributed by atoms with van der Waals surface area (Å²) in [6.07, 6.45) is 17.8. The van der Waals surface area contributed by atoms with E-state index in [2.05, 4.69) is 62.4 Å². The van der Waals surface area contributed by atoms with Crippen molar-refractivity contribution in [3.8, 4) is 11.1 Å². The van der Waals surface area contributed by atoms with Gasteiger partial charge in [0, 0.05) is 0 Å². The van der Waals surface area contributed by atoms with Gasteiger partial charge in [0.25, 0.3) is 0 Å². The summed E-state index contributed by atoms with van der Waals surface area (Å²) >= 11 is 0. The highest BCUT2D eigenvalue weighted by Gasteiger charge is 2.24. The minimum absolute atomic E-state index is 0.0652. The third-order valence-electron chi connectivity index (χ3n) is 8.41. The van der Waals surface area contributed by atoms with Gasteiger partial charge in [0.15, 0.2) is 0 Å². The molecule has 2 aliphatic rings. The lowest BCUT2D eigenvalue weighted by atomic mass is 9.77. The molecule has 0 bridgehead atoms. The highest BCUT2D eigenvalue weighted by molar-refractivity contribution is 5.64. The fourth-order valence-corrected chi connectivity index (χ4v) is 6.01.